The van der Waals surface area contributed by atoms with E-state index in [0.717, 1.165) is 62.2 Å². The lowest BCUT2D eigenvalue weighted by Crippen LogP contribution is -2.12. The lowest BCUT2D eigenvalue weighted by Gasteiger charge is -2.28. The number of nitrogens with zero attached hydrogens (tertiary/aromatic N) is 4. The second-order valence-corrected chi connectivity index (χ2v) is 12.9. The highest BCUT2D eigenvalue weighted by Crippen LogP contribution is 2.40. The zero-order chi connectivity index (χ0) is 35.4. The Morgan fingerprint density at radius 2 is 0.660 bits per heavy atom. The average molecular weight is 681 g/mol. The minimum atomic E-state index is 0.911. The van der Waals surface area contributed by atoms with E-state index in [4.69, 9.17) is 4.98 Å². The van der Waals surface area contributed by atoms with Crippen LogP contribution in [0.2, 0.25) is 0 Å². The summed E-state index contributed by atoms with van der Waals surface area (Å²) in [6.45, 7) is 0. The van der Waals surface area contributed by atoms with Crippen LogP contribution in [0.15, 0.2) is 218 Å². The summed E-state index contributed by atoms with van der Waals surface area (Å²) in [7, 11) is 0. The largest absolute Gasteiger partial charge is 0.311 e. The van der Waals surface area contributed by atoms with Crippen molar-refractivity contribution in [1.29, 1.82) is 0 Å². The molecule has 0 atom stereocenters. The first-order valence-electron chi connectivity index (χ1n) is 17.9. The maximum absolute atomic E-state index is 5.11. The molecule has 0 aliphatic heterocycles. The summed E-state index contributed by atoms with van der Waals surface area (Å²) >= 11 is 0. The minimum absolute atomic E-state index is 0.911. The number of anilines is 6. The molecule has 0 bridgehead atoms. The molecule has 1 heterocycles. The molecule has 9 rings (SSSR count). The van der Waals surface area contributed by atoms with Crippen molar-refractivity contribution in [3.05, 3.63) is 218 Å². The van der Waals surface area contributed by atoms with Crippen molar-refractivity contribution in [2.45, 2.75) is 0 Å². The highest BCUT2D eigenvalue weighted by atomic mass is 15.2. The fourth-order valence-electron chi connectivity index (χ4n) is 7.05. The van der Waals surface area contributed by atoms with Crippen LogP contribution in [-0.4, -0.2) is 9.55 Å². The van der Waals surface area contributed by atoms with Gasteiger partial charge in [-0.1, -0.05) is 109 Å². The second kappa shape index (κ2) is 14.2. The van der Waals surface area contributed by atoms with Gasteiger partial charge in [-0.25, -0.2) is 4.98 Å². The summed E-state index contributed by atoms with van der Waals surface area (Å²) in [5.41, 5.74) is 13.0. The Labute approximate surface area is 310 Å². The van der Waals surface area contributed by atoms with E-state index in [1.165, 1.54) is 11.1 Å². The Balaban J connectivity index is 1.13. The zero-order valence-corrected chi connectivity index (χ0v) is 29.1. The molecule has 4 heteroatoms. The second-order valence-electron chi connectivity index (χ2n) is 12.9. The lowest BCUT2D eigenvalue weighted by molar-refractivity contribution is 1.10. The van der Waals surface area contributed by atoms with Crippen molar-refractivity contribution >= 4 is 45.2 Å². The Bertz CT molecular complexity index is 2530. The molecule has 0 unspecified atom stereocenters. The van der Waals surface area contributed by atoms with Crippen molar-refractivity contribution in [1.82, 2.24) is 9.55 Å². The standard InChI is InChI=1S/C49H36N4/c1-5-15-37(16-6-1)38-25-29-43(30-26-38)52(46-35-33-45(34-36-46)51(40-17-7-2-8-18-40)41-19-9-3-10-20-41)44-31-27-39(28-32-44)49-50-47-23-13-14-24-48(47)53(49)42-21-11-4-12-22-42/h1-36H. The number of imidazole rings is 1. The minimum Gasteiger partial charge on any atom is -0.311 e. The van der Waals surface area contributed by atoms with E-state index in [1.807, 2.05) is 12.1 Å². The van der Waals surface area contributed by atoms with Gasteiger partial charge in [0.25, 0.3) is 0 Å². The van der Waals surface area contributed by atoms with Crippen LogP contribution in [0.5, 0.6) is 0 Å². The predicted molar refractivity (Wildman–Crippen MR) is 221 cm³/mol. The number of rotatable bonds is 9. The normalized spacial score (nSPS) is 11.0. The molecule has 0 radical (unpaired) electrons. The Kier molecular flexibility index (Phi) is 8.53. The van der Waals surface area contributed by atoms with Gasteiger partial charge in [0.2, 0.25) is 0 Å². The number of para-hydroxylation sites is 5. The molecule has 0 amide bonds. The Morgan fingerprint density at radius 3 is 1.17 bits per heavy atom. The van der Waals surface area contributed by atoms with Crippen LogP contribution in [0.1, 0.15) is 0 Å². The number of benzene rings is 8. The van der Waals surface area contributed by atoms with Crippen LogP contribution >= 0.6 is 0 Å². The molecule has 0 aliphatic carbocycles. The van der Waals surface area contributed by atoms with Gasteiger partial charge in [0.15, 0.2) is 0 Å². The van der Waals surface area contributed by atoms with Gasteiger partial charge in [0, 0.05) is 45.4 Å². The van der Waals surface area contributed by atoms with Crippen LogP contribution in [-0.2, 0) is 0 Å². The van der Waals surface area contributed by atoms with Crippen molar-refractivity contribution in [2.75, 3.05) is 9.80 Å². The Morgan fingerprint density at radius 1 is 0.302 bits per heavy atom. The van der Waals surface area contributed by atoms with Crippen LogP contribution < -0.4 is 9.80 Å². The van der Waals surface area contributed by atoms with Gasteiger partial charge in [0.1, 0.15) is 5.82 Å². The van der Waals surface area contributed by atoms with Crippen molar-refractivity contribution in [2.24, 2.45) is 0 Å². The molecule has 0 saturated carbocycles. The third kappa shape index (κ3) is 6.35. The molecule has 4 nitrogen and oxygen atoms in total. The van der Waals surface area contributed by atoms with Crippen LogP contribution in [0.25, 0.3) is 39.2 Å². The van der Waals surface area contributed by atoms with E-state index in [9.17, 15) is 0 Å². The predicted octanol–water partition coefficient (Wildman–Crippen LogP) is 13.3. The summed E-state index contributed by atoms with van der Waals surface area (Å²) in [6, 6.07) is 76.7. The van der Waals surface area contributed by atoms with Crippen molar-refractivity contribution in [3.63, 3.8) is 0 Å². The molecule has 1 aromatic heterocycles. The number of aromatic nitrogens is 2. The monoisotopic (exact) mass is 680 g/mol. The summed E-state index contributed by atoms with van der Waals surface area (Å²) in [5, 5.41) is 0. The Hall–Kier alpha value is -7.17. The molecular weight excluding hydrogens is 645 g/mol. The van der Waals surface area contributed by atoms with Gasteiger partial charge < -0.3 is 9.80 Å². The first kappa shape index (κ1) is 31.8. The first-order chi connectivity index (χ1) is 26.3. The molecule has 0 saturated heterocycles. The van der Waals surface area contributed by atoms with E-state index < -0.39 is 0 Å². The molecule has 0 aliphatic rings. The maximum atomic E-state index is 5.11. The van der Waals surface area contributed by atoms with Gasteiger partial charge in [-0.2, -0.15) is 0 Å². The molecular formula is C49H36N4. The lowest BCUT2D eigenvalue weighted by atomic mass is 10.0. The van der Waals surface area contributed by atoms with E-state index in [-0.39, 0.29) is 0 Å². The van der Waals surface area contributed by atoms with Gasteiger partial charge in [-0.15, -0.1) is 0 Å². The van der Waals surface area contributed by atoms with Crippen molar-refractivity contribution < 1.29 is 0 Å². The molecule has 252 valence electrons. The smallest absolute Gasteiger partial charge is 0.145 e. The fourth-order valence-corrected chi connectivity index (χ4v) is 7.05. The number of hydrogen-bond acceptors (Lipinski definition) is 3. The molecule has 0 fully saturated rings. The summed E-state index contributed by atoms with van der Waals surface area (Å²) in [4.78, 5) is 9.71. The molecule has 9 aromatic rings. The van der Waals surface area contributed by atoms with Crippen LogP contribution in [0.3, 0.4) is 0 Å². The van der Waals surface area contributed by atoms with Gasteiger partial charge in [-0.05, 0) is 120 Å². The van der Waals surface area contributed by atoms with Crippen LogP contribution in [0.4, 0.5) is 34.1 Å². The highest BCUT2D eigenvalue weighted by Gasteiger charge is 2.18. The fraction of sp³-hybridized carbons (Fsp3) is 0. The van der Waals surface area contributed by atoms with Crippen molar-refractivity contribution in [3.8, 4) is 28.2 Å². The molecule has 53 heavy (non-hydrogen) atoms. The average Bonchev–Trinajstić information content (AvgIpc) is 3.63. The van der Waals surface area contributed by atoms with E-state index in [0.29, 0.717) is 0 Å². The van der Waals surface area contributed by atoms with Crippen LogP contribution in [0, 0.1) is 0 Å². The highest BCUT2D eigenvalue weighted by molar-refractivity contribution is 5.85. The third-order valence-corrected chi connectivity index (χ3v) is 9.59. The summed E-state index contributed by atoms with van der Waals surface area (Å²) in [6.07, 6.45) is 0. The van der Waals surface area contributed by atoms with E-state index in [1.54, 1.807) is 0 Å². The maximum Gasteiger partial charge on any atom is 0.145 e. The zero-order valence-electron chi connectivity index (χ0n) is 29.1. The number of hydrogen-bond donors (Lipinski definition) is 0. The molecule has 0 spiro atoms. The molecule has 8 aromatic carbocycles. The summed E-state index contributed by atoms with van der Waals surface area (Å²) in [5.74, 6) is 0.911. The van der Waals surface area contributed by atoms with Gasteiger partial charge in [0.05, 0.1) is 11.0 Å². The SMILES string of the molecule is c1ccc(-c2ccc(N(c3ccc(-c4nc5ccccc5n4-c4ccccc4)cc3)c3ccc(N(c4ccccc4)c4ccccc4)cc3)cc2)cc1. The first-order valence-corrected chi connectivity index (χ1v) is 17.9. The summed E-state index contributed by atoms with van der Waals surface area (Å²) < 4.78 is 2.24. The third-order valence-electron chi connectivity index (χ3n) is 9.59. The quantitative estimate of drug-likeness (QED) is 0.152. The van der Waals surface area contributed by atoms with Gasteiger partial charge in [-0.3, -0.25) is 4.57 Å². The van der Waals surface area contributed by atoms with E-state index in [2.05, 4.69) is 221 Å². The molecule has 0 N–H and O–H groups in total. The van der Waals surface area contributed by atoms with Gasteiger partial charge >= 0.3 is 0 Å². The topological polar surface area (TPSA) is 24.3 Å². The number of fused-ring (bicyclic) bond motifs is 1. The van der Waals surface area contributed by atoms with E-state index >= 15 is 0 Å².